The van der Waals surface area contributed by atoms with Crippen LogP contribution in [0.1, 0.15) is 63.3 Å². The van der Waals surface area contributed by atoms with Crippen LogP contribution in [-0.2, 0) is 9.53 Å². The van der Waals surface area contributed by atoms with E-state index in [1.165, 1.54) is 11.1 Å². The second kappa shape index (κ2) is 11.5. The molecule has 34 heavy (non-hydrogen) atoms. The summed E-state index contributed by atoms with van der Waals surface area (Å²) >= 11 is 0. The van der Waals surface area contributed by atoms with Crippen LogP contribution in [0.15, 0.2) is 34.9 Å². The number of anilines is 1. The maximum atomic E-state index is 12.1. The Morgan fingerprint density at radius 2 is 1.97 bits per heavy atom. The van der Waals surface area contributed by atoms with Gasteiger partial charge in [-0.3, -0.25) is 4.79 Å². The van der Waals surface area contributed by atoms with Crippen molar-refractivity contribution >= 4 is 17.5 Å². The summed E-state index contributed by atoms with van der Waals surface area (Å²) in [6.07, 6.45) is 6.82. The van der Waals surface area contributed by atoms with E-state index in [0.29, 0.717) is 11.9 Å². The summed E-state index contributed by atoms with van der Waals surface area (Å²) in [6.45, 7) is 6.94. The van der Waals surface area contributed by atoms with Gasteiger partial charge in [0.05, 0.1) is 6.61 Å². The molecule has 1 N–H and O–H groups in total. The molecule has 1 aromatic heterocycles. The van der Waals surface area contributed by atoms with Gasteiger partial charge in [-0.1, -0.05) is 37.2 Å². The SMILES string of the molecule is COCNC(=O)C1CC=C(c2ccc(OCC3CCN(c4nc(C(C)C)no4)CC3)cc2)CC1. The number of hydrogen-bond acceptors (Lipinski definition) is 7. The summed E-state index contributed by atoms with van der Waals surface area (Å²) in [4.78, 5) is 18.8. The number of aromatic nitrogens is 2. The average molecular weight is 469 g/mol. The van der Waals surface area contributed by atoms with Gasteiger partial charge in [-0.2, -0.15) is 4.98 Å². The molecule has 0 saturated carbocycles. The standard InChI is InChI=1S/C26H36N4O4/c1-18(2)24-28-26(34-29-24)30-14-12-19(13-15-30)16-33-23-10-8-21(9-11-23)20-4-6-22(7-5-20)25(31)27-17-32-3/h4,8-11,18-19,22H,5-7,12-17H2,1-3H3,(H,27,31). The Kier molecular flexibility index (Phi) is 8.21. The number of benzene rings is 1. The minimum Gasteiger partial charge on any atom is -0.493 e. The lowest BCUT2D eigenvalue weighted by Crippen LogP contribution is -2.35. The Morgan fingerprint density at radius 1 is 1.21 bits per heavy atom. The second-order valence-electron chi connectivity index (χ2n) is 9.53. The number of nitrogens with zero attached hydrogens (tertiary/aromatic N) is 3. The number of piperidine rings is 1. The van der Waals surface area contributed by atoms with Crippen molar-refractivity contribution < 1.29 is 18.8 Å². The van der Waals surface area contributed by atoms with E-state index in [1.54, 1.807) is 7.11 Å². The Bertz CT molecular complexity index is 961. The molecule has 8 heteroatoms. The number of nitrogens with one attached hydrogen (secondary N) is 1. The maximum Gasteiger partial charge on any atom is 0.324 e. The number of ether oxygens (including phenoxy) is 2. The van der Waals surface area contributed by atoms with Gasteiger partial charge in [0.1, 0.15) is 12.5 Å². The van der Waals surface area contributed by atoms with Crippen molar-refractivity contribution in [2.75, 3.05) is 38.4 Å². The molecule has 0 bridgehead atoms. The van der Waals surface area contributed by atoms with Crippen LogP contribution in [0.2, 0.25) is 0 Å². The normalized spacial score (nSPS) is 19.2. The molecule has 1 unspecified atom stereocenters. The van der Waals surface area contributed by atoms with Gasteiger partial charge in [0, 0.05) is 32.0 Å². The van der Waals surface area contributed by atoms with Crippen molar-refractivity contribution in [3.63, 3.8) is 0 Å². The Hall–Kier alpha value is -2.87. The molecule has 4 rings (SSSR count). The van der Waals surface area contributed by atoms with Crippen molar-refractivity contribution in [3.8, 4) is 5.75 Å². The first-order valence-corrected chi connectivity index (χ1v) is 12.3. The largest absolute Gasteiger partial charge is 0.493 e. The zero-order chi connectivity index (χ0) is 23.9. The molecule has 0 spiro atoms. The molecule has 1 amide bonds. The third kappa shape index (κ3) is 6.17. The van der Waals surface area contributed by atoms with Crippen LogP contribution in [0.4, 0.5) is 6.01 Å². The van der Waals surface area contributed by atoms with Gasteiger partial charge in [-0.15, -0.1) is 0 Å². The van der Waals surface area contributed by atoms with E-state index in [1.807, 2.05) is 0 Å². The third-order valence-electron chi connectivity index (χ3n) is 6.72. The lowest BCUT2D eigenvalue weighted by Gasteiger charge is -2.30. The smallest absolute Gasteiger partial charge is 0.324 e. The van der Waals surface area contributed by atoms with Gasteiger partial charge in [-0.25, -0.2) is 0 Å². The summed E-state index contributed by atoms with van der Waals surface area (Å²) in [7, 11) is 1.58. The zero-order valence-electron chi connectivity index (χ0n) is 20.5. The maximum absolute atomic E-state index is 12.1. The molecular weight excluding hydrogens is 432 g/mol. The fourth-order valence-corrected chi connectivity index (χ4v) is 4.48. The summed E-state index contributed by atoms with van der Waals surface area (Å²) in [5, 5.41) is 6.87. The van der Waals surface area contributed by atoms with Crippen molar-refractivity contribution in [2.24, 2.45) is 11.8 Å². The first kappa shape index (κ1) is 24.3. The molecule has 1 aliphatic carbocycles. The van der Waals surface area contributed by atoms with Crippen LogP contribution in [-0.4, -0.2) is 49.6 Å². The van der Waals surface area contributed by atoms with Crippen LogP contribution >= 0.6 is 0 Å². The van der Waals surface area contributed by atoms with Gasteiger partial charge in [0.15, 0.2) is 5.82 Å². The Morgan fingerprint density at radius 3 is 2.59 bits per heavy atom. The highest BCUT2D eigenvalue weighted by molar-refractivity contribution is 5.80. The third-order valence-corrected chi connectivity index (χ3v) is 6.72. The van der Waals surface area contributed by atoms with E-state index < -0.39 is 0 Å². The van der Waals surface area contributed by atoms with Crippen molar-refractivity contribution in [2.45, 2.75) is 51.9 Å². The number of methoxy groups -OCH3 is 1. The number of hydrogen-bond donors (Lipinski definition) is 1. The van der Waals surface area contributed by atoms with Crippen LogP contribution in [0, 0.1) is 11.8 Å². The molecule has 0 radical (unpaired) electrons. The lowest BCUT2D eigenvalue weighted by molar-refractivity contribution is -0.126. The van der Waals surface area contributed by atoms with E-state index in [-0.39, 0.29) is 24.5 Å². The second-order valence-corrected chi connectivity index (χ2v) is 9.53. The fraction of sp³-hybridized carbons (Fsp3) is 0.577. The van der Waals surface area contributed by atoms with E-state index in [2.05, 4.69) is 64.5 Å². The first-order valence-electron chi connectivity index (χ1n) is 12.3. The van der Waals surface area contributed by atoms with E-state index in [9.17, 15) is 4.79 Å². The van der Waals surface area contributed by atoms with E-state index in [0.717, 1.165) is 63.4 Å². The van der Waals surface area contributed by atoms with Gasteiger partial charge < -0.3 is 24.2 Å². The highest BCUT2D eigenvalue weighted by Gasteiger charge is 2.24. The molecule has 2 heterocycles. The predicted molar refractivity (Wildman–Crippen MR) is 131 cm³/mol. The van der Waals surface area contributed by atoms with E-state index >= 15 is 0 Å². The van der Waals surface area contributed by atoms with Crippen LogP contribution < -0.4 is 15.0 Å². The van der Waals surface area contributed by atoms with Gasteiger partial charge >= 0.3 is 6.01 Å². The zero-order valence-corrected chi connectivity index (χ0v) is 20.5. The molecule has 2 aromatic rings. The quantitative estimate of drug-likeness (QED) is 0.546. The molecule has 1 atom stereocenters. The van der Waals surface area contributed by atoms with Crippen molar-refractivity contribution in [1.29, 1.82) is 0 Å². The molecule has 1 saturated heterocycles. The van der Waals surface area contributed by atoms with Gasteiger partial charge in [-0.05, 0) is 61.3 Å². The molecule has 1 aliphatic heterocycles. The molecule has 2 aliphatic rings. The first-order chi connectivity index (χ1) is 16.5. The lowest BCUT2D eigenvalue weighted by atomic mass is 9.86. The number of amides is 1. The fourth-order valence-electron chi connectivity index (χ4n) is 4.48. The topological polar surface area (TPSA) is 89.7 Å². The Labute approximate surface area is 201 Å². The number of carbonyl (C=O) groups excluding carboxylic acids is 1. The van der Waals surface area contributed by atoms with Crippen molar-refractivity contribution in [3.05, 3.63) is 41.7 Å². The predicted octanol–water partition coefficient (Wildman–Crippen LogP) is 4.39. The average Bonchev–Trinajstić information content (AvgIpc) is 3.38. The number of carbonyl (C=O) groups is 1. The summed E-state index contributed by atoms with van der Waals surface area (Å²) in [5.74, 6) is 2.56. The number of allylic oxidation sites excluding steroid dienone is 2. The summed E-state index contributed by atoms with van der Waals surface area (Å²) < 4.78 is 16.4. The summed E-state index contributed by atoms with van der Waals surface area (Å²) in [6, 6.07) is 8.98. The minimum atomic E-state index is 0.0324. The molecule has 184 valence electrons. The molecule has 1 aromatic carbocycles. The monoisotopic (exact) mass is 468 g/mol. The Balaban J connectivity index is 1.21. The highest BCUT2D eigenvalue weighted by atomic mass is 16.5. The van der Waals surface area contributed by atoms with Gasteiger partial charge in [0.2, 0.25) is 5.91 Å². The van der Waals surface area contributed by atoms with Crippen molar-refractivity contribution in [1.82, 2.24) is 15.5 Å². The van der Waals surface area contributed by atoms with E-state index in [4.69, 9.17) is 14.0 Å². The number of rotatable bonds is 9. The minimum absolute atomic E-state index is 0.0324. The van der Waals surface area contributed by atoms with Gasteiger partial charge in [0.25, 0.3) is 0 Å². The molecular formula is C26H36N4O4. The van der Waals surface area contributed by atoms with Crippen LogP contribution in [0.3, 0.4) is 0 Å². The molecule has 1 fully saturated rings. The van der Waals surface area contributed by atoms with Crippen LogP contribution in [0.5, 0.6) is 5.75 Å². The summed E-state index contributed by atoms with van der Waals surface area (Å²) in [5.41, 5.74) is 2.51. The van der Waals surface area contributed by atoms with Crippen LogP contribution in [0.25, 0.3) is 5.57 Å². The molecule has 8 nitrogen and oxygen atoms in total. The highest BCUT2D eigenvalue weighted by Crippen LogP contribution is 2.31.